The molecule has 2 aliphatic rings. The fourth-order valence-corrected chi connectivity index (χ4v) is 6.95. The van der Waals surface area contributed by atoms with Crippen LogP contribution in [-0.2, 0) is 21.2 Å². The van der Waals surface area contributed by atoms with Gasteiger partial charge in [0.15, 0.2) is 0 Å². The van der Waals surface area contributed by atoms with Crippen LogP contribution in [0, 0.1) is 0 Å². The number of benzene rings is 1. The van der Waals surface area contributed by atoms with E-state index in [-0.39, 0.29) is 22.7 Å². The van der Waals surface area contributed by atoms with Gasteiger partial charge >= 0.3 is 0 Å². The van der Waals surface area contributed by atoms with Gasteiger partial charge in [0.2, 0.25) is 5.91 Å². The number of hydrogen-bond donors (Lipinski definition) is 0. The Labute approximate surface area is 153 Å². The first kappa shape index (κ1) is 16.3. The molecule has 3 heterocycles. The number of fused-ring (bicyclic) bond motifs is 3. The summed E-state index contributed by atoms with van der Waals surface area (Å²) in [5, 5.41) is 0. The Balaban J connectivity index is 1.71. The van der Waals surface area contributed by atoms with Gasteiger partial charge in [0.25, 0.3) is 10.0 Å². The van der Waals surface area contributed by atoms with E-state index in [1.807, 2.05) is 23.1 Å². The van der Waals surface area contributed by atoms with Crippen LogP contribution >= 0.6 is 27.3 Å². The zero-order chi connectivity index (χ0) is 16.9. The second-order valence-electron chi connectivity index (χ2n) is 5.91. The van der Waals surface area contributed by atoms with Crippen LogP contribution in [0.4, 0.5) is 0 Å². The number of halogens is 1. The Morgan fingerprint density at radius 2 is 1.96 bits per heavy atom. The lowest BCUT2D eigenvalue weighted by Gasteiger charge is -2.43. The molecule has 0 N–H and O–H groups in total. The minimum atomic E-state index is -3.65. The zero-order valence-corrected chi connectivity index (χ0v) is 15.9. The van der Waals surface area contributed by atoms with Crippen LogP contribution in [0.2, 0.25) is 0 Å². The van der Waals surface area contributed by atoms with Gasteiger partial charge in [-0.15, -0.1) is 11.3 Å². The van der Waals surface area contributed by atoms with E-state index in [4.69, 9.17) is 0 Å². The van der Waals surface area contributed by atoms with Crippen molar-refractivity contribution < 1.29 is 13.2 Å². The molecule has 1 fully saturated rings. The van der Waals surface area contributed by atoms with E-state index in [1.54, 1.807) is 12.1 Å². The first-order valence-corrected chi connectivity index (χ1v) is 10.6. The maximum absolute atomic E-state index is 12.9. The molecule has 0 bridgehead atoms. The Bertz CT molecular complexity index is 910. The van der Waals surface area contributed by atoms with Crippen LogP contribution in [0.1, 0.15) is 17.2 Å². The molecule has 0 spiro atoms. The molecule has 1 saturated heterocycles. The van der Waals surface area contributed by atoms with Crippen molar-refractivity contribution in [3.8, 4) is 0 Å². The van der Waals surface area contributed by atoms with Crippen molar-refractivity contribution in [1.82, 2.24) is 9.21 Å². The van der Waals surface area contributed by atoms with Crippen LogP contribution in [0.3, 0.4) is 0 Å². The van der Waals surface area contributed by atoms with Gasteiger partial charge in [-0.05, 0) is 45.6 Å². The van der Waals surface area contributed by atoms with E-state index in [0.717, 1.165) is 15.8 Å². The van der Waals surface area contributed by atoms with Gasteiger partial charge in [-0.2, -0.15) is 4.31 Å². The quantitative estimate of drug-likeness (QED) is 0.741. The van der Waals surface area contributed by atoms with Crippen LogP contribution in [-0.4, -0.2) is 43.2 Å². The molecular formula is C16H15BrN2O3S2. The van der Waals surface area contributed by atoms with Crippen molar-refractivity contribution in [3.63, 3.8) is 0 Å². The number of rotatable bonds is 2. The number of nitrogens with zero attached hydrogens (tertiary/aromatic N) is 2. The number of carbonyl (C=O) groups excluding carboxylic acids is 1. The van der Waals surface area contributed by atoms with E-state index in [9.17, 15) is 13.2 Å². The summed E-state index contributed by atoms with van der Waals surface area (Å²) in [5.41, 5.74) is 2.26. The molecule has 1 amide bonds. The molecule has 0 unspecified atom stereocenters. The Hall–Kier alpha value is -1.22. The topological polar surface area (TPSA) is 57.7 Å². The van der Waals surface area contributed by atoms with Crippen LogP contribution in [0.25, 0.3) is 0 Å². The van der Waals surface area contributed by atoms with E-state index >= 15 is 0 Å². The number of sulfonamides is 1. The SMILES string of the molecule is O=C1CN(S(=O)(=O)c2ccc(Br)s2)C[C@H]2c3ccccc3CCN12. The molecule has 8 heteroatoms. The van der Waals surface area contributed by atoms with E-state index in [2.05, 4.69) is 22.0 Å². The first-order valence-electron chi connectivity index (χ1n) is 7.59. The molecule has 0 radical (unpaired) electrons. The minimum Gasteiger partial charge on any atom is -0.333 e. The van der Waals surface area contributed by atoms with Crippen molar-refractivity contribution in [2.24, 2.45) is 0 Å². The standard InChI is InChI=1S/C16H15BrN2O3S2/c17-14-5-6-16(23-14)24(21,22)18-9-13-12-4-2-1-3-11(12)7-8-19(13)15(20)10-18/h1-6,13H,7-10H2/t13-/m0/s1. The molecule has 2 aromatic rings. The number of hydrogen-bond acceptors (Lipinski definition) is 4. The number of carbonyl (C=O) groups is 1. The Morgan fingerprint density at radius 1 is 1.17 bits per heavy atom. The monoisotopic (exact) mass is 426 g/mol. The summed E-state index contributed by atoms with van der Waals surface area (Å²) in [6, 6.07) is 11.1. The van der Waals surface area contributed by atoms with Crippen molar-refractivity contribution >= 4 is 43.2 Å². The fraction of sp³-hybridized carbons (Fsp3) is 0.312. The highest BCUT2D eigenvalue weighted by Gasteiger charge is 2.41. The van der Waals surface area contributed by atoms with Gasteiger partial charge in [0.05, 0.1) is 16.4 Å². The third-order valence-electron chi connectivity index (χ3n) is 4.56. The average molecular weight is 427 g/mol. The predicted octanol–water partition coefficient (Wildman–Crippen LogP) is 2.64. The lowest BCUT2D eigenvalue weighted by atomic mass is 9.91. The molecule has 1 aromatic heterocycles. The summed E-state index contributed by atoms with van der Waals surface area (Å²) >= 11 is 4.46. The smallest absolute Gasteiger partial charge is 0.253 e. The number of piperazine rings is 1. The third kappa shape index (κ3) is 2.61. The summed E-state index contributed by atoms with van der Waals surface area (Å²) in [7, 11) is -3.65. The minimum absolute atomic E-state index is 0.0868. The van der Waals surface area contributed by atoms with Gasteiger partial charge in [0.1, 0.15) is 4.21 Å². The molecule has 24 heavy (non-hydrogen) atoms. The number of thiophene rings is 1. The van der Waals surface area contributed by atoms with E-state index in [0.29, 0.717) is 13.1 Å². The maximum Gasteiger partial charge on any atom is 0.253 e. The second-order valence-corrected chi connectivity index (χ2v) is 10.5. The Morgan fingerprint density at radius 3 is 2.71 bits per heavy atom. The Kier molecular flexibility index (Phi) is 4.03. The highest BCUT2D eigenvalue weighted by molar-refractivity contribution is 9.11. The maximum atomic E-state index is 12.9. The van der Waals surface area contributed by atoms with Crippen LogP contribution < -0.4 is 0 Å². The van der Waals surface area contributed by atoms with Gasteiger partial charge in [0, 0.05) is 13.1 Å². The molecular weight excluding hydrogens is 412 g/mol. The highest BCUT2D eigenvalue weighted by atomic mass is 79.9. The van der Waals surface area contributed by atoms with Crippen molar-refractivity contribution in [2.75, 3.05) is 19.6 Å². The van der Waals surface area contributed by atoms with Crippen molar-refractivity contribution in [1.29, 1.82) is 0 Å². The van der Waals surface area contributed by atoms with Crippen molar-refractivity contribution in [3.05, 3.63) is 51.3 Å². The van der Waals surface area contributed by atoms with Gasteiger partial charge in [-0.3, -0.25) is 4.79 Å². The van der Waals surface area contributed by atoms with E-state index < -0.39 is 10.0 Å². The molecule has 1 aromatic carbocycles. The second kappa shape index (κ2) is 5.94. The molecule has 5 nitrogen and oxygen atoms in total. The summed E-state index contributed by atoms with van der Waals surface area (Å²) in [4.78, 5) is 14.4. The van der Waals surface area contributed by atoms with E-state index in [1.165, 1.54) is 21.2 Å². The van der Waals surface area contributed by atoms with Crippen molar-refractivity contribution in [2.45, 2.75) is 16.7 Å². The third-order valence-corrected chi connectivity index (χ3v) is 8.47. The molecule has 2 aliphatic heterocycles. The normalized spacial score (nSPS) is 21.5. The fourth-order valence-electron chi connectivity index (χ4n) is 3.39. The molecule has 0 saturated carbocycles. The van der Waals surface area contributed by atoms with Crippen LogP contribution in [0.15, 0.2) is 44.4 Å². The summed E-state index contributed by atoms with van der Waals surface area (Å²) < 4.78 is 28.1. The molecule has 1 atom stereocenters. The number of amides is 1. The lowest BCUT2D eigenvalue weighted by molar-refractivity contribution is -0.138. The van der Waals surface area contributed by atoms with Gasteiger partial charge in [-0.25, -0.2) is 8.42 Å². The lowest BCUT2D eigenvalue weighted by Crippen LogP contribution is -2.55. The predicted molar refractivity (Wildman–Crippen MR) is 95.4 cm³/mol. The molecule has 4 rings (SSSR count). The summed E-state index contributed by atoms with van der Waals surface area (Å²) in [6.07, 6.45) is 0.822. The molecule has 0 aliphatic carbocycles. The highest BCUT2D eigenvalue weighted by Crippen LogP contribution is 2.36. The largest absolute Gasteiger partial charge is 0.333 e. The summed E-state index contributed by atoms with van der Waals surface area (Å²) in [6.45, 7) is 0.871. The van der Waals surface area contributed by atoms with Gasteiger partial charge < -0.3 is 4.90 Å². The zero-order valence-electron chi connectivity index (χ0n) is 12.7. The molecule has 126 valence electrons. The van der Waals surface area contributed by atoms with Gasteiger partial charge in [-0.1, -0.05) is 24.3 Å². The average Bonchev–Trinajstić information content (AvgIpc) is 3.02. The van der Waals surface area contributed by atoms with Crippen LogP contribution in [0.5, 0.6) is 0 Å². The summed E-state index contributed by atoms with van der Waals surface area (Å²) in [5.74, 6) is -0.125. The first-order chi connectivity index (χ1) is 11.5.